The van der Waals surface area contributed by atoms with E-state index in [0.29, 0.717) is 0 Å². The summed E-state index contributed by atoms with van der Waals surface area (Å²) < 4.78 is 0. The van der Waals surface area contributed by atoms with Crippen LogP contribution in [0.15, 0.2) is 48.5 Å². The van der Waals surface area contributed by atoms with E-state index in [0.717, 1.165) is 32.9 Å². The number of amides is 4. The first-order valence-corrected chi connectivity index (χ1v) is 11.1. The molecule has 1 unspecified atom stereocenters. The molecule has 0 radical (unpaired) electrons. The summed E-state index contributed by atoms with van der Waals surface area (Å²) in [5, 5.41) is 0. The van der Waals surface area contributed by atoms with Gasteiger partial charge >= 0.3 is 6.03 Å². The van der Waals surface area contributed by atoms with E-state index in [9.17, 15) is 14.4 Å². The summed E-state index contributed by atoms with van der Waals surface area (Å²) in [7, 11) is 2.80. The van der Waals surface area contributed by atoms with E-state index in [2.05, 4.69) is 30.9 Å². The lowest BCUT2D eigenvalue weighted by Gasteiger charge is -2.35. The summed E-state index contributed by atoms with van der Waals surface area (Å²) in [6.45, 7) is 4.17. The number of urea groups is 1. The largest absolute Gasteiger partial charge is 0.332 e. The van der Waals surface area contributed by atoms with Crippen molar-refractivity contribution in [1.29, 1.82) is 0 Å². The smallest absolute Gasteiger partial charge is 0.273 e. The number of carbonyl (C=O) groups excluding carboxylic acids is 3. The van der Waals surface area contributed by atoms with Gasteiger partial charge in [-0.25, -0.2) is 4.79 Å². The lowest BCUT2D eigenvalue weighted by Crippen LogP contribution is -2.58. The van der Waals surface area contributed by atoms with Crippen molar-refractivity contribution in [3.8, 4) is 11.8 Å². The fraction of sp³-hybridized carbons (Fsp3) is 0.370. The van der Waals surface area contributed by atoms with Gasteiger partial charge in [-0.05, 0) is 43.0 Å². The lowest BCUT2D eigenvalue weighted by molar-refractivity contribution is -0.148. The zero-order chi connectivity index (χ0) is 23.3. The van der Waals surface area contributed by atoms with Crippen LogP contribution in [0.3, 0.4) is 0 Å². The molecule has 0 bridgehead atoms. The highest BCUT2D eigenvalue weighted by atomic mass is 16.2. The second-order valence-corrected chi connectivity index (χ2v) is 8.37. The van der Waals surface area contributed by atoms with Gasteiger partial charge in [0.15, 0.2) is 0 Å². The molecule has 1 aliphatic rings. The van der Waals surface area contributed by atoms with Gasteiger partial charge in [0.1, 0.15) is 5.92 Å². The van der Waals surface area contributed by atoms with Crippen LogP contribution in [0.4, 0.5) is 4.79 Å². The molecule has 1 fully saturated rings. The number of imide groups is 2. The van der Waals surface area contributed by atoms with E-state index in [-0.39, 0.29) is 0 Å². The van der Waals surface area contributed by atoms with Gasteiger partial charge < -0.3 is 0 Å². The van der Waals surface area contributed by atoms with Crippen molar-refractivity contribution < 1.29 is 14.4 Å². The van der Waals surface area contributed by atoms with Crippen molar-refractivity contribution in [3.05, 3.63) is 70.8 Å². The van der Waals surface area contributed by atoms with Crippen LogP contribution in [0, 0.1) is 24.7 Å². The molecule has 1 atom stereocenters. The monoisotopic (exact) mass is 430 g/mol. The SMILES string of the molecule is CCCCCc1ccc(C#CC(c2ccc(C)cc2)C2C(=O)N(C)C(=O)N(C)C2=O)cc1. The number of benzene rings is 2. The Labute approximate surface area is 190 Å². The molecule has 1 aliphatic heterocycles. The van der Waals surface area contributed by atoms with Crippen LogP contribution in [-0.4, -0.2) is 41.7 Å². The van der Waals surface area contributed by atoms with Crippen molar-refractivity contribution in [2.75, 3.05) is 14.1 Å². The average Bonchev–Trinajstić information content (AvgIpc) is 2.80. The van der Waals surface area contributed by atoms with Crippen LogP contribution in [0.5, 0.6) is 0 Å². The number of carbonyl (C=O) groups is 3. The normalized spacial score (nSPS) is 15.6. The van der Waals surface area contributed by atoms with Gasteiger partial charge in [0.05, 0.1) is 5.92 Å². The molecule has 4 amide bonds. The quantitative estimate of drug-likeness (QED) is 0.384. The third kappa shape index (κ3) is 5.08. The van der Waals surface area contributed by atoms with Crippen LogP contribution in [0.1, 0.15) is 54.4 Å². The van der Waals surface area contributed by atoms with Crippen LogP contribution < -0.4 is 0 Å². The second kappa shape index (κ2) is 10.3. The molecule has 5 nitrogen and oxygen atoms in total. The average molecular weight is 431 g/mol. The number of rotatable bonds is 6. The third-order valence-corrected chi connectivity index (χ3v) is 5.93. The summed E-state index contributed by atoms with van der Waals surface area (Å²) in [5.74, 6) is 3.56. The first-order valence-electron chi connectivity index (χ1n) is 11.1. The number of hydrogen-bond acceptors (Lipinski definition) is 3. The van der Waals surface area contributed by atoms with E-state index >= 15 is 0 Å². The summed E-state index contributed by atoms with van der Waals surface area (Å²) in [5.41, 5.74) is 3.96. The van der Waals surface area contributed by atoms with Gasteiger partial charge in [0, 0.05) is 19.7 Å². The molecule has 32 heavy (non-hydrogen) atoms. The molecule has 3 rings (SSSR count). The molecule has 0 N–H and O–H groups in total. The summed E-state index contributed by atoms with van der Waals surface area (Å²) >= 11 is 0. The minimum absolute atomic E-state index is 0.524. The Morgan fingerprint density at radius 3 is 2.03 bits per heavy atom. The predicted molar refractivity (Wildman–Crippen MR) is 125 cm³/mol. The van der Waals surface area contributed by atoms with Crippen LogP contribution in [0.25, 0.3) is 0 Å². The maximum absolute atomic E-state index is 12.9. The molecule has 0 aliphatic carbocycles. The maximum atomic E-state index is 12.9. The van der Waals surface area contributed by atoms with Crippen molar-refractivity contribution >= 4 is 17.8 Å². The van der Waals surface area contributed by atoms with Gasteiger partial charge in [-0.1, -0.05) is 73.6 Å². The van der Waals surface area contributed by atoms with E-state index in [1.165, 1.54) is 38.9 Å². The minimum Gasteiger partial charge on any atom is -0.273 e. The Hall–Kier alpha value is -3.39. The highest BCUT2D eigenvalue weighted by Gasteiger charge is 2.46. The molecule has 2 aromatic carbocycles. The molecule has 0 saturated carbocycles. The zero-order valence-corrected chi connectivity index (χ0v) is 19.2. The summed E-state index contributed by atoms with van der Waals surface area (Å²) in [4.78, 5) is 40.1. The molecule has 0 spiro atoms. The number of aryl methyl sites for hydroxylation is 2. The Kier molecular flexibility index (Phi) is 7.48. The van der Waals surface area contributed by atoms with E-state index in [1.807, 2.05) is 43.3 Å². The molecule has 166 valence electrons. The molecule has 2 aromatic rings. The van der Waals surface area contributed by atoms with Crippen LogP contribution >= 0.6 is 0 Å². The maximum Gasteiger partial charge on any atom is 0.332 e. The fourth-order valence-electron chi connectivity index (χ4n) is 3.85. The Balaban J connectivity index is 1.93. The van der Waals surface area contributed by atoms with E-state index in [1.54, 1.807) is 0 Å². The zero-order valence-electron chi connectivity index (χ0n) is 19.2. The number of nitrogens with zero attached hydrogens (tertiary/aromatic N) is 2. The molecule has 1 heterocycles. The molecule has 0 aromatic heterocycles. The van der Waals surface area contributed by atoms with Crippen LogP contribution in [0.2, 0.25) is 0 Å². The standard InChI is InChI=1S/C27H30N2O3/c1-5-6-7-8-20-11-13-21(14-12-20)15-18-23(22-16-9-19(2)10-17-22)24-25(30)28(3)27(32)29(4)26(24)31/h9-14,16-17,23-24H,5-8H2,1-4H3. The fourth-order valence-corrected chi connectivity index (χ4v) is 3.85. The van der Waals surface area contributed by atoms with Crippen molar-refractivity contribution in [2.24, 2.45) is 5.92 Å². The van der Waals surface area contributed by atoms with Crippen molar-refractivity contribution in [1.82, 2.24) is 9.80 Å². The first-order chi connectivity index (χ1) is 15.3. The minimum atomic E-state index is -1.06. The van der Waals surface area contributed by atoms with Gasteiger partial charge in [0.25, 0.3) is 0 Å². The second-order valence-electron chi connectivity index (χ2n) is 8.37. The topological polar surface area (TPSA) is 57.7 Å². The van der Waals surface area contributed by atoms with Crippen LogP contribution in [-0.2, 0) is 16.0 Å². The molecule has 5 heteroatoms. The van der Waals surface area contributed by atoms with Gasteiger partial charge in [0.2, 0.25) is 11.8 Å². The van der Waals surface area contributed by atoms with Crippen molar-refractivity contribution in [3.63, 3.8) is 0 Å². The highest BCUT2D eigenvalue weighted by molar-refractivity contribution is 6.16. The highest BCUT2D eigenvalue weighted by Crippen LogP contribution is 2.31. The summed E-state index contributed by atoms with van der Waals surface area (Å²) in [6, 6.07) is 15.2. The van der Waals surface area contributed by atoms with Gasteiger partial charge in [-0.3, -0.25) is 19.4 Å². The van der Waals surface area contributed by atoms with Crippen molar-refractivity contribution in [2.45, 2.75) is 45.4 Å². The number of hydrogen-bond donors (Lipinski definition) is 0. The molecule has 1 saturated heterocycles. The Morgan fingerprint density at radius 2 is 1.47 bits per heavy atom. The molecular formula is C27H30N2O3. The Morgan fingerprint density at radius 1 is 0.875 bits per heavy atom. The lowest BCUT2D eigenvalue weighted by atomic mass is 9.83. The first kappa shape index (κ1) is 23.3. The third-order valence-electron chi connectivity index (χ3n) is 5.93. The number of barbiturate groups is 1. The molecular weight excluding hydrogens is 400 g/mol. The predicted octanol–water partition coefficient (Wildman–Crippen LogP) is 4.53. The van der Waals surface area contributed by atoms with E-state index in [4.69, 9.17) is 0 Å². The summed E-state index contributed by atoms with van der Waals surface area (Å²) in [6.07, 6.45) is 4.63. The number of unbranched alkanes of at least 4 members (excludes halogenated alkanes) is 2. The Bertz CT molecular complexity index is 1020. The van der Waals surface area contributed by atoms with Gasteiger partial charge in [-0.2, -0.15) is 0 Å². The van der Waals surface area contributed by atoms with Gasteiger partial charge in [-0.15, -0.1) is 0 Å². The van der Waals surface area contributed by atoms with E-state index < -0.39 is 29.7 Å².